The highest BCUT2D eigenvalue weighted by molar-refractivity contribution is 7.89. The maximum Gasteiger partial charge on any atom is 0.240 e. The Labute approximate surface area is 136 Å². The van der Waals surface area contributed by atoms with Crippen LogP contribution in [0, 0.1) is 0 Å². The summed E-state index contributed by atoms with van der Waals surface area (Å²) >= 11 is 0. The van der Waals surface area contributed by atoms with Crippen LogP contribution in [0.2, 0.25) is 0 Å². The van der Waals surface area contributed by atoms with Gasteiger partial charge in [-0.1, -0.05) is 11.6 Å². The lowest BCUT2D eigenvalue weighted by Gasteiger charge is -2.17. The van der Waals surface area contributed by atoms with Crippen LogP contribution in [0.1, 0.15) is 25.8 Å². The van der Waals surface area contributed by atoms with Gasteiger partial charge in [0.15, 0.2) is 0 Å². The molecule has 23 heavy (non-hydrogen) atoms. The number of hydrogen-bond acceptors (Lipinski definition) is 4. The Hall–Kier alpha value is -1.70. The van der Waals surface area contributed by atoms with E-state index in [2.05, 4.69) is 15.4 Å². The van der Waals surface area contributed by atoms with E-state index in [0.717, 1.165) is 25.1 Å². The van der Waals surface area contributed by atoms with Gasteiger partial charge in [-0.2, -0.15) is 0 Å². The first kappa shape index (κ1) is 16.2. The highest BCUT2D eigenvalue weighted by Gasteiger charge is 2.39. The highest BCUT2D eigenvalue weighted by Crippen LogP contribution is 2.38. The number of sulfonamides is 1. The molecule has 0 saturated heterocycles. The monoisotopic (exact) mass is 335 g/mol. The van der Waals surface area contributed by atoms with Crippen LogP contribution in [0.15, 0.2) is 34.7 Å². The molecule has 0 aromatic heterocycles. The lowest BCUT2D eigenvalue weighted by molar-refractivity contribution is -0.119. The van der Waals surface area contributed by atoms with E-state index in [1.165, 1.54) is 6.07 Å². The fourth-order valence-electron chi connectivity index (χ4n) is 2.82. The van der Waals surface area contributed by atoms with Crippen molar-refractivity contribution in [3.8, 4) is 0 Å². The summed E-state index contributed by atoms with van der Waals surface area (Å²) in [5, 5.41) is 5.97. The zero-order valence-corrected chi connectivity index (χ0v) is 14.1. The van der Waals surface area contributed by atoms with Gasteiger partial charge in [-0.25, -0.2) is 13.1 Å². The molecule has 3 rings (SSSR count). The van der Waals surface area contributed by atoms with Gasteiger partial charge < -0.3 is 10.6 Å². The number of amides is 1. The van der Waals surface area contributed by atoms with E-state index in [9.17, 15) is 13.2 Å². The summed E-state index contributed by atoms with van der Waals surface area (Å²) < 4.78 is 27.7. The summed E-state index contributed by atoms with van der Waals surface area (Å²) in [7, 11) is -3.60. The molecule has 0 unspecified atom stereocenters. The summed E-state index contributed by atoms with van der Waals surface area (Å²) in [6.45, 7) is 5.55. The highest BCUT2D eigenvalue weighted by atomic mass is 32.2. The Morgan fingerprint density at radius 1 is 1.30 bits per heavy atom. The molecule has 0 saturated carbocycles. The Bertz CT molecular complexity index is 782. The molecule has 0 aliphatic carbocycles. The van der Waals surface area contributed by atoms with Crippen molar-refractivity contribution in [1.29, 1.82) is 0 Å². The molecule has 3 N–H and O–H groups in total. The van der Waals surface area contributed by atoms with E-state index in [-0.39, 0.29) is 10.8 Å². The molecular formula is C16H21N3O3S. The maximum absolute atomic E-state index is 12.5. The minimum absolute atomic E-state index is 0.116. The van der Waals surface area contributed by atoms with Crippen LogP contribution >= 0.6 is 0 Å². The van der Waals surface area contributed by atoms with Gasteiger partial charge in [0.25, 0.3) is 0 Å². The predicted octanol–water partition coefficient (Wildman–Crippen LogP) is 1.11. The summed E-state index contributed by atoms with van der Waals surface area (Å²) in [6, 6.07) is 4.77. The smallest absolute Gasteiger partial charge is 0.240 e. The molecule has 2 heterocycles. The third kappa shape index (κ3) is 3.04. The third-order valence-corrected chi connectivity index (χ3v) is 5.84. The Morgan fingerprint density at radius 2 is 2.09 bits per heavy atom. The Balaban J connectivity index is 1.83. The molecule has 0 bridgehead atoms. The Kier molecular flexibility index (Phi) is 4.03. The number of carbonyl (C=O) groups excluding carboxylic acids is 1. The molecule has 1 aromatic carbocycles. The fraction of sp³-hybridized carbons (Fsp3) is 0.438. The number of nitrogens with one attached hydrogen (secondary N) is 3. The zero-order valence-electron chi connectivity index (χ0n) is 13.3. The van der Waals surface area contributed by atoms with Crippen molar-refractivity contribution >= 4 is 21.6 Å². The van der Waals surface area contributed by atoms with Crippen LogP contribution in [-0.2, 0) is 20.2 Å². The molecule has 0 fully saturated rings. The minimum atomic E-state index is -3.60. The number of anilines is 1. The van der Waals surface area contributed by atoms with Crippen LogP contribution in [0.25, 0.3) is 0 Å². The van der Waals surface area contributed by atoms with Crippen molar-refractivity contribution in [3.63, 3.8) is 0 Å². The lowest BCUT2D eigenvalue weighted by atomic mass is 9.86. The first-order valence-corrected chi connectivity index (χ1v) is 9.13. The van der Waals surface area contributed by atoms with Crippen molar-refractivity contribution in [2.45, 2.75) is 30.6 Å². The summed E-state index contributed by atoms with van der Waals surface area (Å²) in [6.07, 6.45) is 2.86. The molecule has 2 aliphatic rings. The van der Waals surface area contributed by atoms with E-state index in [1.54, 1.807) is 26.0 Å². The average Bonchev–Trinajstić information content (AvgIpc) is 2.76. The van der Waals surface area contributed by atoms with Gasteiger partial charge in [-0.15, -0.1) is 0 Å². The van der Waals surface area contributed by atoms with Crippen molar-refractivity contribution < 1.29 is 13.2 Å². The van der Waals surface area contributed by atoms with Crippen LogP contribution in [0.5, 0.6) is 0 Å². The molecule has 2 aliphatic heterocycles. The maximum atomic E-state index is 12.5. The first-order valence-electron chi connectivity index (χ1n) is 7.65. The number of rotatable bonds is 4. The van der Waals surface area contributed by atoms with E-state index >= 15 is 0 Å². The number of benzene rings is 1. The zero-order chi connectivity index (χ0) is 16.7. The summed E-state index contributed by atoms with van der Waals surface area (Å²) in [4.78, 5) is 12.1. The van der Waals surface area contributed by atoms with E-state index in [4.69, 9.17) is 0 Å². The van der Waals surface area contributed by atoms with Crippen LogP contribution < -0.4 is 15.4 Å². The first-order chi connectivity index (χ1) is 10.8. The quantitative estimate of drug-likeness (QED) is 0.720. The fourth-order valence-corrected chi connectivity index (χ4v) is 3.88. The van der Waals surface area contributed by atoms with Gasteiger partial charge in [0, 0.05) is 18.8 Å². The van der Waals surface area contributed by atoms with Crippen molar-refractivity contribution in [3.05, 3.63) is 35.4 Å². The molecule has 1 amide bonds. The third-order valence-electron chi connectivity index (χ3n) is 4.44. The van der Waals surface area contributed by atoms with Gasteiger partial charge >= 0.3 is 0 Å². The molecule has 124 valence electrons. The van der Waals surface area contributed by atoms with Crippen LogP contribution in [0.3, 0.4) is 0 Å². The molecule has 6 nitrogen and oxygen atoms in total. The van der Waals surface area contributed by atoms with E-state index < -0.39 is 15.4 Å². The second-order valence-electron chi connectivity index (χ2n) is 6.43. The van der Waals surface area contributed by atoms with Gasteiger partial charge in [-0.05, 0) is 50.6 Å². The number of fused-ring (bicyclic) bond motifs is 1. The van der Waals surface area contributed by atoms with E-state index in [1.807, 2.05) is 6.08 Å². The lowest BCUT2D eigenvalue weighted by Crippen LogP contribution is -2.30. The van der Waals surface area contributed by atoms with Crippen LogP contribution in [-0.4, -0.2) is 34.0 Å². The van der Waals surface area contributed by atoms with Gasteiger partial charge in [0.2, 0.25) is 15.9 Å². The number of carbonyl (C=O) groups is 1. The van der Waals surface area contributed by atoms with Gasteiger partial charge in [-0.3, -0.25) is 4.79 Å². The normalized spacial score (nSPS) is 19.9. The second kappa shape index (κ2) is 5.74. The predicted molar refractivity (Wildman–Crippen MR) is 88.9 cm³/mol. The second-order valence-corrected chi connectivity index (χ2v) is 8.19. The molecule has 7 heteroatoms. The van der Waals surface area contributed by atoms with Crippen molar-refractivity contribution in [2.24, 2.45) is 0 Å². The minimum Gasteiger partial charge on any atom is -0.325 e. The topological polar surface area (TPSA) is 87.3 Å². The number of hydrogen-bond donors (Lipinski definition) is 3. The van der Waals surface area contributed by atoms with E-state index in [0.29, 0.717) is 17.8 Å². The van der Waals surface area contributed by atoms with Gasteiger partial charge in [0.05, 0.1) is 10.3 Å². The SMILES string of the molecule is CC1(C)C(=O)Nc2ccc(S(=O)(=O)NCC3=CCNCC3)cc21. The van der Waals surface area contributed by atoms with Crippen molar-refractivity contribution in [2.75, 3.05) is 25.0 Å². The van der Waals surface area contributed by atoms with Crippen LogP contribution in [0.4, 0.5) is 5.69 Å². The molecule has 0 radical (unpaired) electrons. The summed E-state index contributed by atoms with van der Waals surface area (Å²) in [5.74, 6) is -0.116. The molecule has 1 aromatic rings. The standard InChI is InChI=1S/C16H21N3O3S/c1-16(2)13-9-12(3-4-14(13)19-15(16)20)23(21,22)18-10-11-5-7-17-8-6-11/h3-5,9,17-18H,6-8,10H2,1-2H3,(H,19,20). The molecular weight excluding hydrogens is 314 g/mol. The van der Waals surface area contributed by atoms with Crippen molar-refractivity contribution in [1.82, 2.24) is 10.0 Å². The summed E-state index contributed by atoms with van der Waals surface area (Å²) in [5.41, 5.74) is 1.76. The molecule has 0 atom stereocenters. The molecule has 0 spiro atoms. The average molecular weight is 335 g/mol. The van der Waals surface area contributed by atoms with Gasteiger partial charge in [0.1, 0.15) is 0 Å². The Morgan fingerprint density at radius 3 is 2.78 bits per heavy atom. The largest absolute Gasteiger partial charge is 0.325 e.